The summed E-state index contributed by atoms with van der Waals surface area (Å²) in [6.45, 7) is 6.72. The monoisotopic (exact) mass is 415 g/mol. The Hall–Kier alpha value is 0.162. The largest absolute Gasteiger partial charge is 0.385 e. The van der Waals surface area contributed by atoms with Crippen LogP contribution in [-0.2, 0) is 0 Å². The van der Waals surface area contributed by atoms with Crippen LogP contribution in [0.5, 0.6) is 0 Å². The molecular weight excluding hydrogens is 398 g/mol. The molecular formula is C11H17N2U-. The summed E-state index contributed by atoms with van der Waals surface area (Å²) >= 11 is 0. The summed E-state index contributed by atoms with van der Waals surface area (Å²) in [5.41, 5.74) is 1.41. The molecule has 1 saturated heterocycles. The van der Waals surface area contributed by atoms with Crippen molar-refractivity contribution in [2.24, 2.45) is 0 Å². The zero-order valence-electron chi connectivity index (χ0n) is 8.71. The van der Waals surface area contributed by atoms with Crippen molar-refractivity contribution in [1.29, 1.82) is 0 Å². The standard InChI is InChI=1S/C11H17N2.U/c1-10-2-4-11(5-3-10)13-8-6-12-7-9-13;/h2,4-5,12H,3,6-9H2,1H3;/q-1;. The Labute approximate surface area is 110 Å². The third kappa shape index (κ3) is 3.09. The molecule has 1 fully saturated rings. The number of allylic oxidation sites excluding steroid dienone is 3. The second-order valence-corrected chi connectivity index (χ2v) is 3.75. The molecule has 2 nitrogen and oxygen atoms in total. The summed E-state index contributed by atoms with van der Waals surface area (Å²) in [7, 11) is 0. The molecule has 1 aliphatic heterocycles. The molecule has 3 heteroatoms. The van der Waals surface area contributed by atoms with Crippen LogP contribution < -0.4 is 5.32 Å². The quantitative estimate of drug-likeness (QED) is 0.651. The third-order valence-corrected chi connectivity index (χ3v) is 2.65. The molecule has 0 spiro atoms. The molecule has 0 aromatic rings. The molecule has 0 radical (unpaired) electrons. The number of hydrogen-bond acceptors (Lipinski definition) is 2. The molecule has 0 aromatic heterocycles. The molecule has 2 aliphatic rings. The van der Waals surface area contributed by atoms with Crippen molar-refractivity contribution >= 4 is 0 Å². The van der Waals surface area contributed by atoms with Crippen molar-refractivity contribution in [1.82, 2.24) is 10.2 Å². The second-order valence-electron chi connectivity index (χ2n) is 3.75. The van der Waals surface area contributed by atoms with Gasteiger partial charge < -0.3 is 10.2 Å². The summed E-state index contributed by atoms with van der Waals surface area (Å²) in [6.07, 6.45) is 7.93. The molecule has 1 aliphatic carbocycles. The van der Waals surface area contributed by atoms with Gasteiger partial charge in [-0.05, 0) is 0 Å². The first kappa shape index (κ1) is 12.2. The van der Waals surface area contributed by atoms with Gasteiger partial charge in [0.15, 0.2) is 0 Å². The van der Waals surface area contributed by atoms with E-state index in [1.54, 1.807) is 0 Å². The Bertz CT molecular complexity index is 229. The maximum atomic E-state index is 3.36. The van der Waals surface area contributed by atoms with Gasteiger partial charge in [-0.3, -0.25) is 0 Å². The van der Waals surface area contributed by atoms with E-state index < -0.39 is 0 Å². The summed E-state index contributed by atoms with van der Waals surface area (Å²) in [5, 5.41) is 3.36. The van der Waals surface area contributed by atoms with Crippen LogP contribution in [0.2, 0.25) is 0 Å². The summed E-state index contributed by atoms with van der Waals surface area (Å²) in [6, 6.07) is 0. The van der Waals surface area contributed by atoms with Crippen molar-refractivity contribution in [3.05, 3.63) is 29.8 Å². The van der Waals surface area contributed by atoms with Gasteiger partial charge in [-0.1, -0.05) is 18.2 Å². The summed E-state index contributed by atoms with van der Waals surface area (Å²) < 4.78 is 0. The van der Waals surface area contributed by atoms with Gasteiger partial charge in [-0.2, -0.15) is 6.08 Å². The van der Waals surface area contributed by atoms with Crippen LogP contribution in [0, 0.1) is 37.0 Å². The Morgan fingerprint density at radius 1 is 1.36 bits per heavy atom. The van der Waals surface area contributed by atoms with Gasteiger partial charge in [0, 0.05) is 57.3 Å². The van der Waals surface area contributed by atoms with Crippen molar-refractivity contribution in [2.45, 2.75) is 13.3 Å². The molecule has 0 saturated carbocycles. The van der Waals surface area contributed by atoms with E-state index in [1.165, 1.54) is 11.6 Å². The number of nitrogens with zero attached hydrogens (tertiary/aromatic N) is 1. The Kier molecular flexibility index (Phi) is 5.16. The van der Waals surface area contributed by atoms with Crippen LogP contribution in [0.25, 0.3) is 0 Å². The molecule has 76 valence electrons. The van der Waals surface area contributed by atoms with Gasteiger partial charge in [0.25, 0.3) is 0 Å². The van der Waals surface area contributed by atoms with E-state index in [0.717, 1.165) is 32.6 Å². The van der Waals surface area contributed by atoms with Gasteiger partial charge >= 0.3 is 0 Å². The molecule has 0 bridgehead atoms. The molecule has 2 rings (SSSR count). The van der Waals surface area contributed by atoms with Gasteiger partial charge in [0.05, 0.1) is 0 Å². The van der Waals surface area contributed by atoms with Gasteiger partial charge in [-0.15, -0.1) is 6.92 Å². The second kappa shape index (κ2) is 5.90. The fraction of sp³-hybridized carbons (Fsp3) is 0.545. The van der Waals surface area contributed by atoms with Crippen LogP contribution in [0.1, 0.15) is 13.3 Å². The van der Waals surface area contributed by atoms with Crippen LogP contribution in [0.4, 0.5) is 0 Å². The molecule has 14 heavy (non-hydrogen) atoms. The Morgan fingerprint density at radius 3 is 2.64 bits per heavy atom. The fourth-order valence-corrected chi connectivity index (χ4v) is 1.79. The number of rotatable bonds is 1. The van der Waals surface area contributed by atoms with Crippen molar-refractivity contribution in [2.75, 3.05) is 26.2 Å². The first-order valence-electron chi connectivity index (χ1n) is 5.02. The van der Waals surface area contributed by atoms with Gasteiger partial charge in [-0.25, -0.2) is 12.0 Å². The average molecular weight is 415 g/mol. The minimum atomic E-state index is 0. The summed E-state index contributed by atoms with van der Waals surface area (Å²) in [4.78, 5) is 2.46. The Morgan fingerprint density at radius 2 is 2.07 bits per heavy atom. The average Bonchev–Trinajstić information content (AvgIpc) is 2.20. The van der Waals surface area contributed by atoms with E-state index in [0.29, 0.717) is 0 Å². The Balaban J connectivity index is 0.000000980. The fourth-order valence-electron chi connectivity index (χ4n) is 1.79. The number of nitrogens with one attached hydrogen (secondary N) is 1. The minimum absolute atomic E-state index is 0. The van der Waals surface area contributed by atoms with E-state index >= 15 is 0 Å². The number of piperazine rings is 1. The molecule has 0 amide bonds. The van der Waals surface area contributed by atoms with Crippen LogP contribution in [0.3, 0.4) is 0 Å². The SMILES string of the molecule is C[C-]1C=CC(N2CCNCC2)=CC1.[U]. The zero-order chi connectivity index (χ0) is 9.10. The van der Waals surface area contributed by atoms with E-state index in [9.17, 15) is 0 Å². The molecule has 1 heterocycles. The predicted octanol–water partition coefficient (Wildman–Crippen LogP) is 1.33. The van der Waals surface area contributed by atoms with E-state index in [2.05, 4.69) is 35.4 Å². The van der Waals surface area contributed by atoms with Crippen molar-refractivity contribution < 1.29 is 31.1 Å². The molecule has 0 aromatic carbocycles. The third-order valence-electron chi connectivity index (χ3n) is 2.65. The molecule has 1 N–H and O–H groups in total. The predicted molar refractivity (Wildman–Crippen MR) is 55.2 cm³/mol. The normalized spacial score (nSPS) is 21.6. The maximum absolute atomic E-state index is 3.36. The molecule has 0 unspecified atom stereocenters. The number of hydrogen-bond donors (Lipinski definition) is 1. The van der Waals surface area contributed by atoms with E-state index in [-0.39, 0.29) is 31.1 Å². The summed E-state index contributed by atoms with van der Waals surface area (Å²) in [5.74, 6) is 1.46. The van der Waals surface area contributed by atoms with E-state index in [4.69, 9.17) is 0 Å². The maximum Gasteiger partial charge on any atom is 0.0288 e. The minimum Gasteiger partial charge on any atom is -0.385 e. The topological polar surface area (TPSA) is 15.3 Å². The van der Waals surface area contributed by atoms with Gasteiger partial charge in [0.2, 0.25) is 0 Å². The van der Waals surface area contributed by atoms with Crippen LogP contribution in [0.15, 0.2) is 23.9 Å². The molecule has 0 atom stereocenters. The van der Waals surface area contributed by atoms with Crippen molar-refractivity contribution in [3.8, 4) is 0 Å². The smallest absolute Gasteiger partial charge is 0.0288 e. The van der Waals surface area contributed by atoms with Crippen molar-refractivity contribution in [3.63, 3.8) is 0 Å². The van der Waals surface area contributed by atoms with Crippen LogP contribution in [-0.4, -0.2) is 31.1 Å². The van der Waals surface area contributed by atoms with E-state index in [1.807, 2.05) is 0 Å². The zero-order valence-corrected chi connectivity index (χ0v) is 12.9. The van der Waals surface area contributed by atoms with Gasteiger partial charge in [0.1, 0.15) is 0 Å². The first-order valence-corrected chi connectivity index (χ1v) is 5.02. The first-order chi connectivity index (χ1) is 6.36. The van der Waals surface area contributed by atoms with Crippen LogP contribution >= 0.6 is 0 Å².